The van der Waals surface area contributed by atoms with Gasteiger partial charge in [-0.15, -0.1) is 0 Å². The molecule has 0 saturated carbocycles. The van der Waals surface area contributed by atoms with Crippen molar-refractivity contribution in [1.82, 2.24) is 14.8 Å². The zero-order valence-corrected chi connectivity index (χ0v) is 16.0. The first-order chi connectivity index (χ1) is 13.5. The second-order valence-electron chi connectivity index (χ2n) is 7.70. The maximum Gasteiger partial charge on any atom is 0.271 e. The van der Waals surface area contributed by atoms with Crippen LogP contribution in [-0.2, 0) is 4.79 Å². The average Bonchev–Trinajstić information content (AvgIpc) is 3.10. The van der Waals surface area contributed by atoms with Crippen molar-refractivity contribution >= 4 is 22.7 Å². The molecule has 3 heterocycles. The number of fused-ring (bicyclic) bond motifs is 1. The van der Waals surface area contributed by atoms with Crippen molar-refractivity contribution in [2.45, 2.75) is 44.6 Å². The summed E-state index contributed by atoms with van der Waals surface area (Å²) in [5.41, 5.74) is -1.20. The average molecular weight is 385 g/mol. The van der Waals surface area contributed by atoms with Gasteiger partial charge in [-0.25, -0.2) is 4.39 Å². The van der Waals surface area contributed by atoms with Crippen molar-refractivity contribution in [2.75, 3.05) is 19.6 Å². The molecule has 2 amide bonds. The Bertz CT molecular complexity index is 1000. The Labute approximate surface area is 162 Å². The quantitative estimate of drug-likeness (QED) is 0.883. The third-order valence-corrected chi connectivity index (χ3v) is 5.98. The summed E-state index contributed by atoms with van der Waals surface area (Å²) >= 11 is 0. The monoisotopic (exact) mass is 385 g/mol. The molecular formula is C21H24FN3O3. The third-order valence-electron chi connectivity index (χ3n) is 5.98. The number of rotatable bonds is 3. The van der Waals surface area contributed by atoms with E-state index < -0.39 is 22.7 Å². The number of likely N-dealkylation sites (tertiary alicyclic amines) is 2. The van der Waals surface area contributed by atoms with Crippen LogP contribution in [0.1, 0.15) is 49.5 Å². The van der Waals surface area contributed by atoms with Crippen LogP contribution in [0.3, 0.4) is 0 Å². The molecule has 1 spiro atoms. The molecule has 0 bridgehead atoms. The van der Waals surface area contributed by atoms with Crippen molar-refractivity contribution in [3.8, 4) is 0 Å². The molecule has 1 N–H and O–H groups in total. The van der Waals surface area contributed by atoms with Crippen molar-refractivity contribution in [3.63, 3.8) is 0 Å². The predicted octanol–water partition coefficient (Wildman–Crippen LogP) is 2.67. The number of aromatic nitrogens is 1. The van der Waals surface area contributed by atoms with E-state index in [9.17, 15) is 18.8 Å². The Kier molecular flexibility index (Phi) is 4.69. The Morgan fingerprint density at radius 2 is 1.96 bits per heavy atom. The number of para-hydroxylation sites is 1. The van der Waals surface area contributed by atoms with Crippen molar-refractivity contribution in [1.29, 1.82) is 0 Å². The second kappa shape index (κ2) is 7.04. The van der Waals surface area contributed by atoms with Crippen LogP contribution >= 0.6 is 0 Å². The van der Waals surface area contributed by atoms with Gasteiger partial charge in [-0.05, 0) is 44.2 Å². The molecule has 148 valence electrons. The molecule has 7 heteroatoms. The normalized spacial score (nSPS) is 22.4. The van der Waals surface area contributed by atoms with Crippen LogP contribution in [0.15, 0.2) is 29.1 Å². The molecule has 4 rings (SSSR count). The maximum atomic E-state index is 14.2. The number of amides is 2. The molecule has 1 atom stereocenters. The van der Waals surface area contributed by atoms with Gasteiger partial charge in [-0.3, -0.25) is 14.4 Å². The molecule has 1 aromatic carbocycles. The molecule has 28 heavy (non-hydrogen) atoms. The minimum absolute atomic E-state index is 0.000710. The lowest BCUT2D eigenvalue weighted by molar-refractivity contribution is -0.145. The van der Waals surface area contributed by atoms with Crippen LogP contribution in [0.2, 0.25) is 0 Å². The Morgan fingerprint density at radius 1 is 1.21 bits per heavy atom. The summed E-state index contributed by atoms with van der Waals surface area (Å²) in [5.74, 6) is -0.990. The lowest BCUT2D eigenvalue weighted by Gasteiger charge is -2.44. The fourth-order valence-electron chi connectivity index (χ4n) is 4.70. The minimum atomic E-state index is -0.842. The molecule has 2 aliphatic heterocycles. The van der Waals surface area contributed by atoms with Crippen molar-refractivity contribution < 1.29 is 14.0 Å². The number of aromatic amines is 1. The van der Waals surface area contributed by atoms with Gasteiger partial charge in [-0.1, -0.05) is 13.0 Å². The van der Waals surface area contributed by atoms with Gasteiger partial charge in [0.1, 0.15) is 17.1 Å². The number of H-pyrrole nitrogens is 1. The summed E-state index contributed by atoms with van der Waals surface area (Å²) in [5, 5.41) is 0.204. The zero-order chi connectivity index (χ0) is 19.9. The Morgan fingerprint density at radius 3 is 2.71 bits per heavy atom. The molecule has 2 aliphatic rings. The summed E-state index contributed by atoms with van der Waals surface area (Å²) in [6, 6.07) is 5.45. The van der Waals surface area contributed by atoms with Crippen LogP contribution in [0.25, 0.3) is 10.9 Å². The van der Waals surface area contributed by atoms with E-state index in [-0.39, 0.29) is 22.5 Å². The standard InChI is InChI=1S/C21H24FN3O3/c1-2-10-24-11-4-8-21(20(24)28)9-5-12-25(21)19(27)16-13-17(26)14-6-3-7-15(22)18(14)23-16/h3,6-7,13H,2,4-5,8-12H2,1H3,(H,23,26). The highest BCUT2D eigenvalue weighted by atomic mass is 19.1. The molecule has 0 radical (unpaired) electrons. The van der Waals surface area contributed by atoms with Crippen LogP contribution < -0.4 is 5.43 Å². The van der Waals surface area contributed by atoms with Gasteiger partial charge in [0.2, 0.25) is 5.91 Å². The fourth-order valence-corrected chi connectivity index (χ4v) is 4.70. The van der Waals surface area contributed by atoms with Gasteiger partial charge >= 0.3 is 0 Å². The number of halogens is 1. The number of carbonyl (C=O) groups excluding carboxylic acids is 2. The van der Waals surface area contributed by atoms with Gasteiger partial charge in [0.15, 0.2) is 5.43 Å². The van der Waals surface area contributed by atoms with Crippen LogP contribution in [-0.4, -0.2) is 51.8 Å². The molecule has 2 aromatic rings. The molecule has 1 unspecified atom stereocenters. The number of pyridine rings is 1. The first kappa shape index (κ1) is 18.7. The topological polar surface area (TPSA) is 73.5 Å². The van der Waals surface area contributed by atoms with Crippen LogP contribution in [0.5, 0.6) is 0 Å². The van der Waals surface area contributed by atoms with Gasteiger partial charge in [0, 0.05) is 31.1 Å². The van der Waals surface area contributed by atoms with E-state index in [0.29, 0.717) is 32.5 Å². The summed E-state index contributed by atoms with van der Waals surface area (Å²) in [7, 11) is 0. The van der Waals surface area contributed by atoms with E-state index in [1.54, 1.807) is 4.90 Å². The van der Waals surface area contributed by atoms with E-state index >= 15 is 0 Å². The van der Waals surface area contributed by atoms with Gasteiger partial charge in [0.25, 0.3) is 5.91 Å². The number of hydrogen-bond donors (Lipinski definition) is 1. The first-order valence-electron chi connectivity index (χ1n) is 9.91. The SMILES string of the molecule is CCCN1CCCC2(CCCN2C(=O)c2cc(=O)c3cccc(F)c3[nH]2)C1=O. The summed E-state index contributed by atoms with van der Waals surface area (Å²) in [4.78, 5) is 45.2. The lowest BCUT2D eigenvalue weighted by Crippen LogP contribution is -2.61. The molecule has 0 aliphatic carbocycles. The number of nitrogens with one attached hydrogen (secondary N) is 1. The highest BCUT2D eigenvalue weighted by molar-refractivity contribution is 6.00. The van der Waals surface area contributed by atoms with Gasteiger partial charge in [0.05, 0.1) is 5.52 Å². The van der Waals surface area contributed by atoms with Crippen molar-refractivity contribution in [3.05, 3.63) is 46.0 Å². The number of piperidine rings is 1. The van der Waals surface area contributed by atoms with Crippen LogP contribution in [0, 0.1) is 5.82 Å². The van der Waals surface area contributed by atoms with E-state index in [1.165, 1.54) is 24.3 Å². The number of hydrogen-bond acceptors (Lipinski definition) is 3. The smallest absolute Gasteiger partial charge is 0.271 e. The second-order valence-corrected chi connectivity index (χ2v) is 7.70. The highest BCUT2D eigenvalue weighted by Gasteiger charge is 2.52. The molecule has 2 saturated heterocycles. The van der Waals surface area contributed by atoms with E-state index in [2.05, 4.69) is 4.98 Å². The van der Waals surface area contributed by atoms with Crippen LogP contribution in [0.4, 0.5) is 4.39 Å². The fraction of sp³-hybridized carbons (Fsp3) is 0.476. The van der Waals surface area contributed by atoms with Gasteiger partial charge < -0.3 is 14.8 Å². The van der Waals surface area contributed by atoms with Crippen molar-refractivity contribution in [2.24, 2.45) is 0 Å². The third kappa shape index (κ3) is 2.80. The first-order valence-corrected chi connectivity index (χ1v) is 9.91. The predicted molar refractivity (Wildman–Crippen MR) is 104 cm³/mol. The summed E-state index contributed by atoms with van der Waals surface area (Å²) < 4.78 is 14.2. The molecular weight excluding hydrogens is 361 g/mol. The molecule has 2 fully saturated rings. The van der Waals surface area contributed by atoms with E-state index in [0.717, 1.165) is 19.3 Å². The van der Waals surface area contributed by atoms with E-state index in [1.807, 2.05) is 11.8 Å². The van der Waals surface area contributed by atoms with E-state index in [4.69, 9.17) is 0 Å². The Hall–Kier alpha value is -2.70. The largest absolute Gasteiger partial charge is 0.348 e. The molecule has 1 aromatic heterocycles. The minimum Gasteiger partial charge on any atom is -0.348 e. The lowest BCUT2D eigenvalue weighted by atomic mass is 9.85. The highest BCUT2D eigenvalue weighted by Crippen LogP contribution is 2.39. The molecule has 6 nitrogen and oxygen atoms in total. The number of nitrogens with zero attached hydrogens (tertiary/aromatic N) is 2. The summed E-state index contributed by atoms with van der Waals surface area (Å²) in [6.45, 7) is 3.89. The Balaban J connectivity index is 1.73. The zero-order valence-electron chi connectivity index (χ0n) is 16.0. The van der Waals surface area contributed by atoms with Gasteiger partial charge in [-0.2, -0.15) is 0 Å². The maximum absolute atomic E-state index is 14.2. The number of carbonyl (C=O) groups is 2. The summed E-state index contributed by atoms with van der Waals surface area (Å²) in [6.07, 6.45) is 3.71. The number of benzene rings is 1.